The number of aromatic nitrogens is 3. The predicted octanol–water partition coefficient (Wildman–Crippen LogP) is 4.02. The van der Waals surface area contributed by atoms with Crippen LogP contribution in [0.15, 0.2) is 59.7 Å². The van der Waals surface area contributed by atoms with Crippen LogP contribution >= 0.6 is 11.8 Å². The summed E-state index contributed by atoms with van der Waals surface area (Å²) in [5, 5.41) is 8.66. The van der Waals surface area contributed by atoms with E-state index in [0.29, 0.717) is 11.6 Å². The fraction of sp³-hybridized carbons (Fsp3) is 0. The van der Waals surface area contributed by atoms with Crippen LogP contribution in [0.2, 0.25) is 0 Å². The Kier molecular flexibility index (Phi) is 2.60. The van der Waals surface area contributed by atoms with Gasteiger partial charge >= 0.3 is 0 Å². The van der Waals surface area contributed by atoms with Crippen LogP contribution in [-0.4, -0.2) is 21.1 Å². The van der Waals surface area contributed by atoms with Gasteiger partial charge in [-0.25, -0.2) is 13.9 Å². The van der Waals surface area contributed by atoms with Crippen molar-refractivity contribution in [1.29, 1.82) is 0 Å². The molecule has 0 spiro atoms. The summed E-state index contributed by atoms with van der Waals surface area (Å²) in [5.41, 5.74) is 2.52. The van der Waals surface area contributed by atoms with Gasteiger partial charge in [0.1, 0.15) is 12.0 Å². The Bertz CT molecular complexity index is 1040. The molecule has 1 atom stereocenters. The van der Waals surface area contributed by atoms with E-state index < -0.39 is 0 Å². The summed E-state index contributed by atoms with van der Waals surface area (Å²) in [6.07, 6.45) is 3.36. The van der Waals surface area contributed by atoms with E-state index in [2.05, 4.69) is 15.2 Å². The van der Waals surface area contributed by atoms with E-state index in [4.69, 9.17) is 11.8 Å². The van der Waals surface area contributed by atoms with Crippen LogP contribution in [0.3, 0.4) is 0 Å². The molecule has 3 heterocycles. The lowest BCUT2D eigenvalue weighted by molar-refractivity contribution is 0.628. The lowest BCUT2D eigenvalue weighted by Crippen LogP contribution is -2.39. The maximum absolute atomic E-state index is 13.2. The summed E-state index contributed by atoms with van der Waals surface area (Å²) in [5.74, 6) is 1.71. The van der Waals surface area contributed by atoms with E-state index in [9.17, 15) is 4.39 Å². The third-order valence-electron chi connectivity index (χ3n) is 4.24. The Morgan fingerprint density at radius 3 is 2.54 bits per heavy atom. The van der Waals surface area contributed by atoms with Crippen LogP contribution in [0, 0.1) is 5.82 Å². The summed E-state index contributed by atoms with van der Waals surface area (Å²) < 4.78 is 15.0. The fourth-order valence-electron chi connectivity index (χ4n) is 3.13. The first kappa shape index (κ1) is 13.6. The van der Waals surface area contributed by atoms with E-state index >= 15 is 0 Å². The van der Waals surface area contributed by atoms with E-state index in [1.807, 2.05) is 28.8 Å². The predicted molar refractivity (Wildman–Crippen MR) is 91.3 cm³/mol. The number of nitrogens with zero attached hydrogens (tertiary/aromatic N) is 5. The Labute approximate surface area is 141 Å². The van der Waals surface area contributed by atoms with Gasteiger partial charge in [-0.1, -0.05) is 16.1 Å². The highest BCUT2D eigenvalue weighted by Gasteiger charge is 2.47. The molecule has 7 heteroatoms. The monoisotopic (exact) mass is 338 g/mol. The third kappa shape index (κ3) is 1.64. The molecule has 0 radical (unpaired) electrons. The van der Waals surface area contributed by atoms with Crippen LogP contribution in [0.5, 0.6) is 0 Å². The highest BCUT2D eigenvalue weighted by Crippen LogP contribution is 2.48. The zero-order chi connectivity index (χ0) is 16.3. The summed E-state index contributed by atoms with van der Waals surface area (Å²) >= 11 is 6.86. The van der Waals surface area contributed by atoms with Gasteiger partial charge in [-0.2, -0.15) is 0 Å². The zero-order valence-electron chi connectivity index (χ0n) is 12.3. The van der Waals surface area contributed by atoms with Crippen LogP contribution in [0.1, 0.15) is 0 Å². The molecule has 116 valence electrons. The molecule has 2 aliphatic heterocycles. The second kappa shape index (κ2) is 4.59. The van der Waals surface area contributed by atoms with E-state index in [-0.39, 0.29) is 9.82 Å². The van der Waals surface area contributed by atoms with Gasteiger partial charge in [-0.05, 0) is 30.3 Å². The quantitative estimate of drug-likeness (QED) is 0.629. The summed E-state index contributed by atoms with van der Waals surface area (Å²) in [6, 6.07) is 13.9. The Morgan fingerprint density at radius 1 is 0.958 bits per heavy atom. The molecule has 0 saturated heterocycles. The molecule has 1 unspecified atom stereocenters. The first-order valence-corrected chi connectivity index (χ1v) is 7.67. The highest BCUT2D eigenvalue weighted by molar-refractivity contribution is 6.35. The van der Waals surface area contributed by atoms with Crippen molar-refractivity contribution in [2.45, 2.75) is 0 Å². The smallest absolute Gasteiger partial charge is 0.225 e. The fourth-order valence-corrected chi connectivity index (χ4v) is 3.45. The molecule has 0 saturated carbocycles. The first-order chi connectivity index (χ1) is 11.7. The molecule has 0 aliphatic carbocycles. The number of para-hydroxylation sites is 1. The molecule has 2 aromatic carbocycles. The van der Waals surface area contributed by atoms with Gasteiger partial charge in [0.15, 0.2) is 29.1 Å². The van der Waals surface area contributed by atoms with Crippen LogP contribution < -0.4 is 4.00 Å². The molecule has 24 heavy (non-hydrogen) atoms. The number of fused-ring (bicyclic) bond motifs is 6. The SMILES string of the molecule is Fc1ccc(-c2nnc3n2C2=CN=C[N+]2(Cl)c2ccccc2-3)cc1. The molecular weight excluding hydrogens is 329 g/mol. The Hall–Kier alpha value is -2.83. The van der Waals surface area contributed by atoms with E-state index in [0.717, 1.165) is 22.6 Å². The van der Waals surface area contributed by atoms with Crippen molar-refractivity contribution in [3.8, 4) is 22.8 Å². The van der Waals surface area contributed by atoms with Crippen LogP contribution in [-0.2, 0) is 0 Å². The van der Waals surface area contributed by atoms with Crippen molar-refractivity contribution in [3.05, 3.63) is 60.5 Å². The second-order valence-electron chi connectivity index (χ2n) is 5.60. The normalized spacial score (nSPS) is 20.3. The van der Waals surface area contributed by atoms with Crippen molar-refractivity contribution in [2.24, 2.45) is 4.99 Å². The molecule has 5 nitrogen and oxygen atoms in total. The average Bonchev–Trinajstić information content (AvgIpc) is 3.20. The molecule has 0 fully saturated rings. The number of aliphatic imine (C=N–C) groups is 1. The summed E-state index contributed by atoms with van der Waals surface area (Å²) in [6.45, 7) is 0. The van der Waals surface area contributed by atoms with Crippen molar-refractivity contribution in [3.63, 3.8) is 0 Å². The van der Waals surface area contributed by atoms with Gasteiger partial charge in [-0.15, -0.1) is 10.2 Å². The number of halogens is 2. The molecular formula is C17H10ClFN5+. The van der Waals surface area contributed by atoms with Crippen LogP contribution in [0.25, 0.3) is 28.6 Å². The Morgan fingerprint density at radius 2 is 1.71 bits per heavy atom. The van der Waals surface area contributed by atoms with Crippen molar-refractivity contribution in [1.82, 2.24) is 18.8 Å². The van der Waals surface area contributed by atoms with E-state index in [1.54, 1.807) is 24.7 Å². The lowest BCUT2D eigenvalue weighted by atomic mass is 10.1. The zero-order valence-corrected chi connectivity index (χ0v) is 13.0. The van der Waals surface area contributed by atoms with Gasteiger partial charge in [0.25, 0.3) is 5.82 Å². The largest absolute Gasteiger partial charge is 0.264 e. The summed E-state index contributed by atoms with van der Waals surface area (Å²) in [4.78, 5) is 4.24. The third-order valence-corrected chi connectivity index (χ3v) is 4.68. The molecule has 3 aromatic rings. The highest BCUT2D eigenvalue weighted by atomic mass is 35.5. The van der Waals surface area contributed by atoms with Crippen molar-refractivity contribution >= 4 is 29.6 Å². The number of benzene rings is 2. The number of hydrogen-bond donors (Lipinski definition) is 0. The topological polar surface area (TPSA) is 43.1 Å². The minimum absolute atomic E-state index is 0.0740. The summed E-state index contributed by atoms with van der Waals surface area (Å²) in [7, 11) is 0. The Balaban J connectivity index is 1.83. The average molecular weight is 339 g/mol. The maximum atomic E-state index is 13.2. The van der Waals surface area contributed by atoms with Gasteiger partial charge < -0.3 is 0 Å². The maximum Gasteiger partial charge on any atom is 0.264 e. The van der Waals surface area contributed by atoms with Gasteiger partial charge in [0, 0.05) is 11.6 Å². The number of quaternary nitrogens is 1. The molecule has 0 amide bonds. The van der Waals surface area contributed by atoms with Crippen LogP contribution in [0.4, 0.5) is 10.1 Å². The molecule has 2 aliphatic rings. The first-order valence-electron chi connectivity index (χ1n) is 7.34. The molecule has 5 rings (SSSR count). The van der Waals surface area contributed by atoms with Gasteiger partial charge in [-0.3, -0.25) is 0 Å². The van der Waals surface area contributed by atoms with Gasteiger partial charge in [0.2, 0.25) is 6.34 Å². The lowest BCUT2D eigenvalue weighted by Gasteiger charge is -2.29. The van der Waals surface area contributed by atoms with Crippen molar-refractivity contribution < 1.29 is 4.39 Å². The molecule has 1 aromatic heterocycles. The number of rotatable bonds is 1. The molecule has 0 N–H and O–H groups in total. The second-order valence-corrected chi connectivity index (χ2v) is 6.13. The molecule has 0 bridgehead atoms. The van der Waals surface area contributed by atoms with Gasteiger partial charge in [0.05, 0.1) is 5.56 Å². The standard InChI is InChI=1S/C17H10ClFN5/c18-24-10-20-9-15(24)23-16(11-5-7-12(19)8-6-11)21-22-17(23)13-3-1-2-4-14(13)24/h1-10H/q+1. The minimum atomic E-state index is -0.298. The van der Waals surface area contributed by atoms with Crippen molar-refractivity contribution in [2.75, 3.05) is 0 Å². The minimum Gasteiger partial charge on any atom is -0.225 e. The number of hydrogen-bond acceptors (Lipinski definition) is 3. The van der Waals surface area contributed by atoms with E-state index in [1.165, 1.54) is 12.1 Å².